The zero-order chi connectivity index (χ0) is 14.0. The lowest BCUT2D eigenvalue weighted by Gasteiger charge is -2.43. The van der Waals surface area contributed by atoms with Gasteiger partial charge >= 0.3 is 0 Å². The molecular formula is C16H22N4. The fourth-order valence-corrected chi connectivity index (χ4v) is 2.89. The van der Waals surface area contributed by atoms with Gasteiger partial charge in [0.05, 0.1) is 0 Å². The predicted molar refractivity (Wildman–Crippen MR) is 79.7 cm³/mol. The second-order valence-corrected chi connectivity index (χ2v) is 5.83. The van der Waals surface area contributed by atoms with Gasteiger partial charge in [0.25, 0.3) is 0 Å². The summed E-state index contributed by atoms with van der Waals surface area (Å²) in [5, 5.41) is 7.76. The highest BCUT2D eigenvalue weighted by Gasteiger charge is 2.39. The number of hydrogen-bond donors (Lipinski definition) is 1. The van der Waals surface area contributed by atoms with Crippen LogP contribution in [0.4, 0.5) is 0 Å². The van der Waals surface area contributed by atoms with Crippen molar-refractivity contribution in [1.29, 1.82) is 0 Å². The molecule has 1 saturated heterocycles. The minimum atomic E-state index is 0.187. The van der Waals surface area contributed by atoms with E-state index in [2.05, 4.69) is 53.5 Å². The molecule has 0 radical (unpaired) electrons. The Kier molecular flexibility index (Phi) is 3.57. The van der Waals surface area contributed by atoms with Crippen molar-refractivity contribution in [3.8, 4) is 0 Å². The summed E-state index contributed by atoms with van der Waals surface area (Å²) in [6.07, 6.45) is 3.73. The van der Waals surface area contributed by atoms with Crippen LogP contribution in [0.1, 0.15) is 30.3 Å². The largest absolute Gasteiger partial charge is 0.315 e. The zero-order valence-electron chi connectivity index (χ0n) is 12.3. The molecule has 4 heteroatoms. The molecule has 0 saturated carbocycles. The second-order valence-electron chi connectivity index (χ2n) is 5.83. The molecule has 0 amide bonds. The fourth-order valence-electron chi connectivity index (χ4n) is 2.89. The lowest BCUT2D eigenvalue weighted by molar-refractivity contribution is 0.266. The highest BCUT2D eigenvalue weighted by atomic mass is 15.3. The molecule has 0 spiro atoms. The molecule has 0 atom stereocenters. The first kappa shape index (κ1) is 13.3. The standard InChI is InChI=1S/C16H22N4/c1-3-8-20-15(18-12-19-20)9-16(10-17-11-16)14-6-4-13(2)5-7-14/h4-7,12,17H,3,8-11H2,1-2H3. The van der Waals surface area contributed by atoms with E-state index in [4.69, 9.17) is 0 Å². The van der Waals surface area contributed by atoms with Gasteiger partial charge in [-0.1, -0.05) is 36.8 Å². The molecular weight excluding hydrogens is 248 g/mol. The highest BCUT2D eigenvalue weighted by Crippen LogP contribution is 2.32. The van der Waals surface area contributed by atoms with Crippen LogP contribution in [0.15, 0.2) is 30.6 Å². The van der Waals surface area contributed by atoms with Crippen molar-refractivity contribution in [2.24, 2.45) is 0 Å². The smallest absolute Gasteiger partial charge is 0.138 e. The van der Waals surface area contributed by atoms with E-state index in [1.165, 1.54) is 11.1 Å². The molecule has 1 fully saturated rings. The van der Waals surface area contributed by atoms with Crippen LogP contribution in [0, 0.1) is 6.92 Å². The molecule has 1 aliphatic rings. The van der Waals surface area contributed by atoms with Crippen molar-refractivity contribution in [1.82, 2.24) is 20.1 Å². The number of hydrogen-bond acceptors (Lipinski definition) is 3. The van der Waals surface area contributed by atoms with Crippen LogP contribution < -0.4 is 5.32 Å². The average molecular weight is 270 g/mol. The molecule has 20 heavy (non-hydrogen) atoms. The Morgan fingerprint density at radius 1 is 1.25 bits per heavy atom. The van der Waals surface area contributed by atoms with E-state index >= 15 is 0 Å². The number of aromatic nitrogens is 3. The summed E-state index contributed by atoms with van der Waals surface area (Å²) in [6, 6.07) is 8.92. The van der Waals surface area contributed by atoms with Gasteiger partial charge in [-0.15, -0.1) is 0 Å². The maximum Gasteiger partial charge on any atom is 0.138 e. The number of nitrogens with zero attached hydrogens (tertiary/aromatic N) is 3. The monoisotopic (exact) mass is 270 g/mol. The summed E-state index contributed by atoms with van der Waals surface area (Å²) in [5.74, 6) is 1.11. The third-order valence-electron chi connectivity index (χ3n) is 4.22. The zero-order valence-corrected chi connectivity index (χ0v) is 12.3. The molecule has 3 rings (SSSR count). The first-order chi connectivity index (χ1) is 9.73. The maximum absolute atomic E-state index is 4.47. The molecule has 2 heterocycles. The van der Waals surface area contributed by atoms with Gasteiger partial charge < -0.3 is 5.32 Å². The molecule has 2 aromatic rings. The van der Waals surface area contributed by atoms with Gasteiger partial charge in [0, 0.05) is 31.5 Å². The van der Waals surface area contributed by atoms with Crippen LogP contribution in [0.2, 0.25) is 0 Å². The molecule has 0 unspecified atom stereocenters. The molecule has 0 bridgehead atoms. The van der Waals surface area contributed by atoms with E-state index in [-0.39, 0.29) is 5.41 Å². The normalized spacial score (nSPS) is 16.9. The van der Waals surface area contributed by atoms with Crippen LogP contribution in [-0.2, 0) is 18.4 Å². The van der Waals surface area contributed by atoms with Gasteiger partial charge in [-0.3, -0.25) is 4.68 Å². The van der Waals surface area contributed by atoms with E-state index in [1.54, 1.807) is 6.33 Å². The summed E-state index contributed by atoms with van der Waals surface area (Å²) in [6.45, 7) is 7.30. The minimum Gasteiger partial charge on any atom is -0.315 e. The van der Waals surface area contributed by atoms with Crippen LogP contribution in [0.5, 0.6) is 0 Å². The summed E-state index contributed by atoms with van der Waals surface area (Å²) < 4.78 is 2.05. The van der Waals surface area contributed by atoms with Gasteiger partial charge in [0.2, 0.25) is 0 Å². The summed E-state index contributed by atoms with van der Waals surface area (Å²) in [4.78, 5) is 4.47. The molecule has 4 nitrogen and oxygen atoms in total. The Labute approximate surface area is 120 Å². The van der Waals surface area contributed by atoms with Crippen molar-refractivity contribution >= 4 is 0 Å². The van der Waals surface area contributed by atoms with Crippen LogP contribution in [0.3, 0.4) is 0 Å². The number of nitrogens with one attached hydrogen (secondary N) is 1. The second kappa shape index (κ2) is 5.37. The molecule has 1 aromatic carbocycles. The van der Waals surface area contributed by atoms with E-state index in [0.29, 0.717) is 0 Å². The van der Waals surface area contributed by atoms with Crippen LogP contribution in [-0.4, -0.2) is 27.9 Å². The Hall–Kier alpha value is -1.68. The van der Waals surface area contributed by atoms with Gasteiger partial charge in [-0.25, -0.2) is 4.98 Å². The third-order valence-corrected chi connectivity index (χ3v) is 4.22. The molecule has 1 N–H and O–H groups in total. The van der Waals surface area contributed by atoms with Crippen molar-refractivity contribution in [3.05, 3.63) is 47.5 Å². The van der Waals surface area contributed by atoms with Gasteiger partial charge in [-0.05, 0) is 18.9 Å². The molecule has 1 aliphatic heterocycles. The first-order valence-corrected chi connectivity index (χ1v) is 7.38. The average Bonchev–Trinajstić information content (AvgIpc) is 2.83. The van der Waals surface area contributed by atoms with Gasteiger partial charge in [-0.2, -0.15) is 5.10 Å². The highest BCUT2D eigenvalue weighted by molar-refractivity contribution is 5.33. The van der Waals surface area contributed by atoms with E-state index in [1.807, 2.05) is 4.68 Å². The predicted octanol–water partition coefficient (Wildman–Crippen LogP) is 2.08. The minimum absolute atomic E-state index is 0.187. The van der Waals surface area contributed by atoms with Crippen molar-refractivity contribution in [3.63, 3.8) is 0 Å². The number of aryl methyl sites for hydroxylation is 2. The molecule has 106 valence electrons. The lowest BCUT2D eigenvalue weighted by Crippen LogP contribution is -2.58. The van der Waals surface area contributed by atoms with Crippen molar-refractivity contribution in [2.75, 3.05) is 13.1 Å². The van der Waals surface area contributed by atoms with Gasteiger partial charge in [0.1, 0.15) is 12.2 Å². The van der Waals surface area contributed by atoms with Gasteiger partial charge in [0.15, 0.2) is 0 Å². The summed E-state index contributed by atoms with van der Waals surface area (Å²) in [5.41, 5.74) is 2.91. The third kappa shape index (κ3) is 2.36. The summed E-state index contributed by atoms with van der Waals surface area (Å²) in [7, 11) is 0. The van der Waals surface area contributed by atoms with Crippen LogP contribution in [0.25, 0.3) is 0 Å². The Morgan fingerprint density at radius 2 is 2.00 bits per heavy atom. The van der Waals surface area contributed by atoms with Crippen LogP contribution >= 0.6 is 0 Å². The number of rotatable bonds is 5. The number of benzene rings is 1. The summed E-state index contributed by atoms with van der Waals surface area (Å²) >= 11 is 0. The Balaban J connectivity index is 1.86. The van der Waals surface area contributed by atoms with E-state index in [9.17, 15) is 0 Å². The quantitative estimate of drug-likeness (QED) is 0.904. The SMILES string of the molecule is CCCn1ncnc1CC1(c2ccc(C)cc2)CNC1. The molecule has 1 aromatic heterocycles. The maximum atomic E-state index is 4.47. The van der Waals surface area contributed by atoms with Crippen molar-refractivity contribution < 1.29 is 0 Å². The lowest BCUT2D eigenvalue weighted by atomic mass is 9.72. The van der Waals surface area contributed by atoms with E-state index in [0.717, 1.165) is 38.3 Å². The van der Waals surface area contributed by atoms with E-state index < -0.39 is 0 Å². The Bertz CT molecular complexity index is 566. The first-order valence-electron chi connectivity index (χ1n) is 7.38. The topological polar surface area (TPSA) is 42.7 Å². The Morgan fingerprint density at radius 3 is 2.60 bits per heavy atom. The molecule has 0 aliphatic carbocycles. The van der Waals surface area contributed by atoms with Crippen molar-refractivity contribution in [2.45, 2.75) is 38.6 Å². The fraction of sp³-hybridized carbons (Fsp3) is 0.500.